The summed E-state index contributed by atoms with van der Waals surface area (Å²) in [5.41, 5.74) is 2.29. The number of ether oxygens (including phenoxy) is 4. The average Bonchev–Trinajstić information content (AvgIpc) is 3.71. The van der Waals surface area contributed by atoms with Gasteiger partial charge < -0.3 is 39.4 Å². The van der Waals surface area contributed by atoms with Crippen molar-refractivity contribution in [2.45, 2.75) is 198 Å². The molecule has 2 fully saturated rings. The lowest BCUT2D eigenvalue weighted by Gasteiger charge is -2.28. The fourth-order valence-electron chi connectivity index (χ4n) is 10.2. The molecule has 0 aromatic heterocycles. The van der Waals surface area contributed by atoms with Gasteiger partial charge in [0.05, 0.1) is 44.7 Å². The van der Waals surface area contributed by atoms with Crippen LogP contribution >= 0.6 is 11.8 Å². The standard InChI is InChI=1S/C27H44O5.C26H42O5S/c1-5-21(20(3)32-26-14-11-10-12-19(26)2)16-17-23-22(24(28)18-25(23)29)13-8-6-7-9-15-27(30)31-4;1-18-11-9-10-13-24(18)31-19(2)25(32-4)16-15-21-20(22(27)17-23(21)28)12-7-5-6-8-14-26(29)30-3/h10-12,14,20-25,28-29H,5-9,13,15-18H2,1-4H3;9-11,13,19-23,25,27-28H,5-8,12,14-17H2,1-4H3. The number of methoxy groups -OCH3 is 2. The Hall–Kier alpha value is -2.83. The van der Waals surface area contributed by atoms with Crippen molar-refractivity contribution in [3.63, 3.8) is 0 Å². The van der Waals surface area contributed by atoms with Crippen molar-refractivity contribution in [3.05, 3.63) is 59.7 Å². The van der Waals surface area contributed by atoms with Gasteiger partial charge in [-0.1, -0.05) is 81.8 Å². The molecule has 12 atom stereocenters. The van der Waals surface area contributed by atoms with E-state index in [0.717, 1.165) is 119 Å². The van der Waals surface area contributed by atoms with E-state index in [1.54, 1.807) is 0 Å². The maximum Gasteiger partial charge on any atom is 0.305 e. The fourth-order valence-corrected chi connectivity index (χ4v) is 11.0. The van der Waals surface area contributed by atoms with Crippen molar-refractivity contribution in [2.75, 3.05) is 20.5 Å². The van der Waals surface area contributed by atoms with Crippen LogP contribution in [0.1, 0.15) is 154 Å². The number of aliphatic hydroxyl groups is 4. The molecule has 64 heavy (non-hydrogen) atoms. The summed E-state index contributed by atoms with van der Waals surface area (Å²) in [5.74, 6) is 2.60. The van der Waals surface area contributed by atoms with Crippen LogP contribution in [-0.4, -0.2) is 94.7 Å². The molecule has 2 aromatic rings. The molecular formula is C53H86O10S. The minimum Gasteiger partial charge on any atom is -0.490 e. The molecule has 11 heteroatoms. The normalized spacial score (nSPS) is 24.8. The molecule has 2 aromatic carbocycles. The molecule has 0 radical (unpaired) electrons. The van der Waals surface area contributed by atoms with Gasteiger partial charge in [-0.05, 0) is 157 Å². The molecule has 0 heterocycles. The van der Waals surface area contributed by atoms with Gasteiger partial charge in [-0.3, -0.25) is 9.59 Å². The smallest absolute Gasteiger partial charge is 0.305 e. The fraction of sp³-hybridized carbons (Fsp3) is 0.736. The Balaban J connectivity index is 0.000000340. The van der Waals surface area contributed by atoms with Crippen molar-refractivity contribution in [2.24, 2.45) is 29.6 Å². The Labute approximate surface area is 391 Å². The molecule has 2 aliphatic rings. The summed E-state index contributed by atoms with van der Waals surface area (Å²) in [6.07, 6.45) is 17.0. The minimum absolute atomic E-state index is 0.0721. The number of hydrogen-bond acceptors (Lipinski definition) is 11. The highest BCUT2D eigenvalue weighted by molar-refractivity contribution is 7.99. The van der Waals surface area contributed by atoms with E-state index < -0.39 is 24.4 Å². The third kappa shape index (κ3) is 18.8. The van der Waals surface area contributed by atoms with Crippen molar-refractivity contribution < 1.29 is 49.0 Å². The highest BCUT2D eigenvalue weighted by atomic mass is 32.2. The van der Waals surface area contributed by atoms with Gasteiger partial charge in [-0.15, -0.1) is 0 Å². The molecular weight excluding hydrogens is 829 g/mol. The maximum absolute atomic E-state index is 11.2. The van der Waals surface area contributed by atoms with E-state index in [4.69, 9.17) is 9.47 Å². The second-order valence-electron chi connectivity index (χ2n) is 18.7. The lowest BCUT2D eigenvalue weighted by Crippen LogP contribution is -2.29. The van der Waals surface area contributed by atoms with Crippen molar-refractivity contribution in [1.82, 2.24) is 0 Å². The van der Waals surface area contributed by atoms with Crippen LogP contribution in [0.2, 0.25) is 0 Å². The maximum atomic E-state index is 11.2. The number of thioether (sulfide) groups is 1. The van der Waals surface area contributed by atoms with Crippen molar-refractivity contribution in [1.29, 1.82) is 0 Å². The number of rotatable bonds is 28. The molecule has 2 aliphatic carbocycles. The average molecular weight is 915 g/mol. The molecule has 2 saturated carbocycles. The van der Waals surface area contributed by atoms with Gasteiger partial charge in [0.1, 0.15) is 17.6 Å². The van der Waals surface area contributed by atoms with Crippen molar-refractivity contribution in [3.8, 4) is 11.5 Å². The van der Waals surface area contributed by atoms with Gasteiger partial charge in [0.15, 0.2) is 0 Å². The first-order valence-electron chi connectivity index (χ1n) is 24.6. The van der Waals surface area contributed by atoms with Gasteiger partial charge in [-0.2, -0.15) is 11.8 Å². The number of esters is 2. The minimum atomic E-state index is -0.426. The van der Waals surface area contributed by atoms with E-state index in [-0.39, 0.29) is 47.8 Å². The molecule has 0 spiro atoms. The molecule has 4 N–H and O–H groups in total. The number of benzene rings is 2. The summed E-state index contributed by atoms with van der Waals surface area (Å²) in [7, 11) is 2.85. The molecule has 0 bridgehead atoms. The Morgan fingerprint density at radius 2 is 0.984 bits per heavy atom. The monoisotopic (exact) mass is 915 g/mol. The third-order valence-corrected chi connectivity index (χ3v) is 15.5. The first-order valence-corrected chi connectivity index (χ1v) is 25.9. The molecule has 0 amide bonds. The molecule has 0 saturated heterocycles. The zero-order chi connectivity index (χ0) is 47.0. The first-order chi connectivity index (χ1) is 30.7. The van der Waals surface area contributed by atoms with Crippen LogP contribution in [-0.2, 0) is 19.1 Å². The van der Waals surface area contributed by atoms with Crippen LogP contribution < -0.4 is 9.47 Å². The summed E-state index contributed by atoms with van der Waals surface area (Å²) in [6, 6.07) is 16.2. The quantitative estimate of drug-likeness (QED) is 0.0477. The van der Waals surface area contributed by atoms with Crippen LogP contribution in [0.15, 0.2) is 48.5 Å². The largest absolute Gasteiger partial charge is 0.490 e. The zero-order valence-corrected chi connectivity index (χ0v) is 41.4. The number of hydrogen-bond donors (Lipinski definition) is 4. The Kier molecular flexibility index (Phi) is 26.4. The van der Waals surface area contributed by atoms with Crippen LogP contribution in [0.3, 0.4) is 0 Å². The number of unbranched alkanes of at least 4 members (excludes halogenated alkanes) is 6. The predicted molar refractivity (Wildman–Crippen MR) is 259 cm³/mol. The molecule has 10 nitrogen and oxygen atoms in total. The van der Waals surface area contributed by atoms with Crippen LogP contribution in [0, 0.1) is 43.4 Å². The van der Waals surface area contributed by atoms with E-state index in [1.165, 1.54) is 14.2 Å². The number of aliphatic hydroxyl groups excluding tert-OH is 4. The van der Waals surface area contributed by atoms with Gasteiger partial charge >= 0.3 is 11.9 Å². The lowest BCUT2D eigenvalue weighted by molar-refractivity contribution is -0.141. The van der Waals surface area contributed by atoms with Crippen LogP contribution in [0.25, 0.3) is 0 Å². The lowest BCUT2D eigenvalue weighted by atomic mass is 9.82. The molecule has 0 aliphatic heterocycles. The topological polar surface area (TPSA) is 152 Å². The number of carbonyl (C=O) groups is 2. The summed E-state index contributed by atoms with van der Waals surface area (Å²) >= 11 is 1.81. The predicted octanol–water partition coefficient (Wildman–Crippen LogP) is 10.6. The number of carbonyl (C=O) groups excluding carboxylic acids is 2. The molecule has 364 valence electrons. The van der Waals surface area contributed by atoms with Crippen LogP contribution in [0.4, 0.5) is 0 Å². The van der Waals surface area contributed by atoms with E-state index in [2.05, 4.69) is 62.5 Å². The number of para-hydroxylation sites is 2. The summed E-state index contributed by atoms with van der Waals surface area (Å²) < 4.78 is 21.9. The van der Waals surface area contributed by atoms with E-state index >= 15 is 0 Å². The second kappa shape index (κ2) is 30.5. The summed E-state index contributed by atoms with van der Waals surface area (Å²) in [5, 5.41) is 42.6. The Bertz CT molecular complexity index is 1470. The third-order valence-electron chi connectivity index (χ3n) is 14.3. The van der Waals surface area contributed by atoms with E-state index in [1.807, 2.05) is 48.2 Å². The van der Waals surface area contributed by atoms with Gasteiger partial charge in [0.2, 0.25) is 0 Å². The van der Waals surface area contributed by atoms with E-state index in [9.17, 15) is 30.0 Å². The number of aryl methyl sites for hydroxylation is 2. The van der Waals surface area contributed by atoms with Gasteiger partial charge in [0.25, 0.3) is 0 Å². The van der Waals surface area contributed by atoms with E-state index in [0.29, 0.717) is 36.9 Å². The second-order valence-corrected chi connectivity index (χ2v) is 19.8. The zero-order valence-electron chi connectivity index (χ0n) is 40.6. The van der Waals surface area contributed by atoms with Crippen LogP contribution in [0.5, 0.6) is 11.5 Å². The summed E-state index contributed by atoms with van der Waals surface area (Å²) in [4.78, 5) is 22.4. The molecule has 12 unspecified atom stereocenters. The summed E-state index contributed by atoms with van der Waals surface area (Å²) in [6.45, 7) is 10.6. The van der Waals surface area contributed by atoms with Gasteiger partial charge in [0, 0.05) is 18.1 Å². The highest BCUT2D eigenvalue weighted by Crippen LogP contribution is 2.42. The van der Waals surface area contributed by atoms with Crippen molar-refractivity contribution >= 4 is 23.7 Å². The van der Waals surface area contributed by atoms with Gasteiger partial charge in [-0.25, -0.2) is 0 Å². The SMILES string of the molecule is CCC(CCC1C(O)CC(O)C1CCCCCCC(=O)OC)C(C)Oc1ccccc1C.COC(=O)CCCCCCC1C(O)CC(O)C1CCC(SC)C(C)Oc1ccccc1C. The Morgan fingerprint density at radius 3 is 1.39 bits per heavy atom. The molecule has 4 rings (SSSR count). The first kappa shape index (κ1) is 55.5. The highest BCUT2D eigenvalue weighted by Gasteiger charge is 2.42. The Morgan fingerprint density at radius 1 is 0.594 bits per heavy atom.